The van der Waals surface area contributed by atoms with E-state index in [1.165, 1.54) is 54.5 Å². The first kappa shape index (κ1) is 63.6. The molecule has 3 aliphatic heterocycles. The fraction of sp³-hybridized carbons (Fsp3) is 0.714. The standard InChI is InChI=1S/C56H87N7O14/c1-14-33(8)45-43(65)29-44(66)77-48(32(6)7)47(67)34(9)49(68)57-38(26-30(2)3)53(72)63-25-19-23-40(63)55(74)61(13)42(28-37-20-16-15-17-21-37)56(75)76-36(11)46(51(70)58-45)59-50(69)41(27-31(4)5)60(12)54(73)39-22-18-24-62(39)52(71)35(10)64/h15-17,20-21,30-36,38-43,45-46,48,64-65H,14,18-19,22-29H2,1-13H3,(H,57,68)(H,58,70)(H,59,69)/t33-,34-,35-,36+,38-,39-,40-,41+,42-,43-,45+,46-,48+/m0/s1. The van der Waals surface area contributed by atoms with Crippen LogP contribution in [0.2, 0.25) is 0 Å². The number of Topliss-reactive ketones (excluding diaryl/α,β-unsaturated/α-hetero) is 1. The Hall–Kier alpha value is -5.96. The Balaban J connectivity index is 1.87. The molecular weight excluding hydrogens is 995 g/mol. The van der Waals surface area contributed by atoms with Crippen LogP contribution in [0.25, 0.3) is 0 Å². The Morgan fingerprint density at radius 3 is 2.06 bits per heavy atom. The third kappa shape index (κ3) is 16.5. The molecule has 13 atom stereocenters. The maximum Gasteiger partial charge on any atom is 0.329 e. The molecule has 0 aromatic heterocycles. The summed E-state index contributed by atoms with van der Waals surface area (Å²) in [4.78, 5) is 148. The summed E-state index contributed by atoms with van der Waals surface area (Å²) >= 11 is 0. The maximum atomic E-state index is 15.0. The van der Waals surface area contributed by atoms with Gasteiger partial charge in [-0.2, -0.15) is 0 Å². The van der Waals surface area contributed by atoms with Crippen LogP contribution >= 0.6 is 0 Å². The number of ketones is 1. The number of ether oxygens (including phenoxy) is 2. The minimum absolute atomic E-state index is 0.0780. The van der Waals surface area contributed by atoms with Gasteiger partial charge in [-0.05, 0) is 88.5 Å². The maximum absolute atomic E-state index is 15.0. The number of aliphatic hydroxyl groups is 2. The Bertz CT molecular complexity index is 2260. The molecule has 430 valence electrons. The topological polar surface area (TPSA) is 279 Å². The van der Waals surface area contributed by atoms with E-state index >= 15 is 0 Å². The van der Waals surface area contributed by atoms with Gasteiger partial charge in [-0.3, -0.25) is 43.2 Å². The number of benzene rings is 1. The molecule has 3 heterocycles. The van der Waals surface area contributed by atoms with Crippen LogP contribution in [0, 0.1) is 29.6 Å². The SMILES string of the molecule is CC[C@H](C)[C@H]1NC(=O)[C@@H](NC(=O)[C@@H](CC(C)C)N(C)C(=O)[C@@H]2CCCN2C(=O)[C@H](C)O)[C@@H](C)OC(=O)[C@H](Cc2ccccc2)N(C)C(=O)[C@@H]2CCCN2C(=O)[C@H](CC(C)C)NC(=O)[C@@H](C)C(=O)[C@@H](C(C)C)OC(=O)C[C@@H]1O. The van der Waals surface area contributed by atoms with Crippen LogP contribution in [0.5, 0.6) is 0 Å². The van der Waals surface area contributed by atoms with E-state index in [2.05, 4.69) is 16.0 Å². The van der Waals surface area contributed by atoms with Crippen molar-refractivity contribution in [3.63, 3.8) is 0 Å². The number of nitrogens with zero attached hydrogens (tertiary/aromatic N) is 4. The number of hydrogen-bond acceptors (Lipinski definition) is 14. The van der Waals surface area contributed by atoms with E-state index in [0.717, 1.165) is 0 Å². The van der Waals surface area contributed by atoms with Crippen molar-refractivity contribution in [1.29, 1.82) is 0 Å². The number of carbonyl (C=O) groups excluding carboxylic acids is 10. The molecule has 0 spiro atoms. The number of aliphatic hydroxyl groups excluding tert-OH is 2. The van der Waals surface area contributed by atoms with E-state index < -0.39 is 150 Å². The molecule has 77 heavy (non-hydrogen) atoms. The molecule has 1 aromatic rings. The zero-order chi connectivity index (χ0) is 57.7. The van der Waals surface area contributed by atoms with Crippen molar-refractivity contribution < 1.29 is 67.6 Å². The summed E-state index contributed by atoms with van der Waals surface area (Å²) in [7, 11) is 2.82. The van der Waals surface area contributed by atoms with Gasteiger partial charge in [0.1, 0.15) is 48.5 Å². The second-order valence-corrected chi connectivity index (χ2v) is 22.6. The van der Waals surface area contributed by atoms with Crippen LogP contribution in [-0.4, -0.2) is 183 Å². The van der Waals surface area contributed by atoms with Crippen molar-refractivity contribution in [2.45, 2.75) is 201 Å². The number of hydrogen-bond donors (Lipinski definition) is 5. The molecule has 21 heteroatoms. The van der Waals surface area contributed by atoms with E-state index in [0.29, 0.717) is 24.8 Å². The minimum Gasteiger partial charge on any atom is -0.458 e. The highest BCUT2D eigenvalue weighted by molar-refractivity contribution is 6.05. The average Bonchev–Trinajstić information content (AvgIpc) is 4.08. The summed E-state index contributed by atoms with van der Waals surface area (Å²) in [5.74, 6) is -10.6. The Morgan fingerprint density at radius 1 is 0.844 bits per heavy atom. The van der Waals surface area contributed by atoms with Gasteiger partial charge in [0.05, 0.1) is 24.5 Å². The lowest BCUT2D eigenvalue weighted by atomic mass is 9.91. The third-order valence-electron chi connectivity index (χ3n) is 15.2. The number of nitrogens with one attached hydrogen (secondary N) is 3. The van der Waals surface area contributed by atoms with Gasteiger partial charge < -0.3 is 55.2 Å². The predicted octanol–water partition coefficient (Wildman–Crippen LogP) is 2.31. The van der Waals surface area contributed by atoms with Gasteiger partial charge in [0.2, 0.25) is 35.4 Å². The minimum atomic E-state index is -1.74. The zero-order valence-corrected chi connectivity index (χ0v) is 47.5. The summed E-state index contributed by atoms with van der Waals surface area (Å²) < 4.78 is 11.9. The molecule has 4 rings (SSSR count). The summed E-state index contributed by atoms with van der Waals surface area (Å²) in [5.41, 5.74) is 0.633. The van der Waals surface area contributed by atoms with Gasteiger partial charge in [-0.1, -0.05) is 92.1 Å². The lowest BCUT2D eigenvalue weighted by Gasteiger charge is -2.36. The number of likely N-dealkylation sites (N-methyl/N-ethyl adjacent to an activating group) is 2. The molecular formula is C56H87N7O14. The van der Waals surface area contributed by atoms with Crippen molar-refractivity contribution in [2.24, 2.45) is 29.6 Å². The molecule has 0 aliphatic carbocycles. The number of amides is 7. The molecule has 21 nitrogen and oxygen atoms in total. The Labute approximate surface area is 454 Å². The first-order valence-corrected chi connectivity index (χ1v) is 27.5. The Morgan fingerprint density at radius 2 is 1.48 bits per heavy atom. The average molecular weight is 1080 g/mol. The Kier molecular flexibility index (Phi) is 23.6. The van der Waals surface area contributed by atoms with E-state index in [1.54, 1.807) is 58.0 Å². The van der Waals surface area contributed by atoms with Crippen molar-refractivity contribution in [2.75, 3.05) is 27.2 Å². The molecule has 1 aromatic carbocycles. The van der Waals surface area contributed by atoms with Gasteiger partial charge in [-0.25, -0.2) is 4.79 Å². The van der Waals surface area contributed by atoms with Crippen LogP contribution in [0.3, 0.4) is 0 Å². The number of carbonyl (C=O) groups is 10. The van der Waals surface area contributed by atoms with Crippen molar-refractivity contribution >= 4 is 59.1 Å². The molecule has 0 saturated carbocycles. The normalized spacial score (nSPS) is 28.1. The molecule has 0 unspecified atom stereocenters. The van der Waals surface area contributed by atoms with Crippen LogP contribution in [0.1, 0.15) is 133 Å². The summed E-state index contributed by atoms with van der Waals surface area (Å²) in [5, 5.41) is 30.2. The zero-order valence-electron chi connectivity index (χ0n) is 47.5. The number of esters is 2. The van der Waals surface area contributed by atoms with Gasteiger partial charge in [0.25, 0.3) is 5.91 Å². The lowest BCUT2D eigenvalue weighted by molar-refractivity contribution is -0.163. The molecule has 3 fully saturated rings. The largest absolute Gasteiger partial charge is 0.458 e. The molecule has 3 saturated heterocycles. The van der Waals surface area contributed by atoms with Gasteiger partial charge in [-0.15, -0.1) is 0 Å². The fourth-order valence-electron chi connectivity index (χ4n) is 10.4. The van der Waals surface area contributed by atoms with Gasteiger partial charge in [0, 0.05) is 33.6 Å². The van der Waals surface area contributed by atoms with E-state index in [4.69, 9.17) is 9.47 Å². The highest BCUT2D eigenvalue weighted by atomic mass is 16.6. The van der Waals surface area contributed by atoms with E-state index in [9.17, 15) is 58.2 Å². The van der Waals surface area contributed by atoms with Crippen LogP contribution in [-0.2, 0) is 63.8 Å². The van der Waals surface area contributed by atoms with Crippen molar-refractivity contribution in [3.05, 3.63) is 35.9 Å². The highest BCUT2D eigenvalue weighted by Gasteiger charge is 2.46. The lowest BCUT2D eigenvalue weighted by Crippen LogP contribution is -2.62. The predicted molar refractivity (Wildman–Crippen MR) is 284 cm³/mol. The quantitative estimate of drug-likeness (QED) is 0.132. The summed E-state index contributed by atoms with van der Waals surface area (Å²) in [6.07, 6.45) is -4.82. The van der Waals surface area contributed by atoms with E-state index in [1.807, 2.05) is 27.7 Å². The number of likely N-dealkylation sites (tertiary alicyclic amines) is 1. The number of fused-ring (bicyclic) bond motifs is 1. The van der Waals surface area contributed by atoms with Crippen molar-refractivity contribution in [3.8, 4) is 0 Å². The molecule has 0 bridgehead atoms. The van der Waals surface area contributed by atoms with Crippen LogP contribution in [0.15, 0.2) is 30.3 Å². The highest BCUT2D eigenvalue weighted by Crippen LogP contribution is 2.27. The van der Waals surface area contributed by atoms with Gasteiger partial charge >= 0.3 is 11.9 Å². The van der Waals surface area contributed by atoms with E-state index in [-0.39, 0.29) is 57.0 Å². The monoisotopic (exact) mass is 1080 g/mol. The number of cyclic esters (lactones) is 2. The van der Waals surface area contributed by atoms with Crippen LogP contribution in [0.4, 0.5) is 0 Å². The third-order valence-corrected chi connectivity index (χ3v) is 15.2. The molecule has 5 N–H and O–H groups in total. The molecule has 3 aliphatic rings. The summed E-state index contributed by atoms with van der Waals surface area (Å²) in [6.45, 7) is 18.5. The number of rotatable bonds is 14. The summed E-state index contributed by atoms with van der Waals surface area (Å²) in [6, 6.07) is 0.00586. The van der Waals surface area contributed by atoms with Gasteiger partial charge in [0.15, 0.2) is 11.9 Å². The first-order valence-electron chi connectivity index (χ1n) is 27.5. The fourth-order valence-corrected chi connectivity index (χ4v) is 10.4. The second kappa shape index (κ2) is 28.6. The smallest absolute Gasteiger partial charge is 0.329 e. The van der Waals surface area contributed by atoms with Crippen LogP contribution < -0.4 is 16.0 Å². The molecule has 0 radical (unpaired) electrons. The second-order valence-electron chi connectivity index (χ2n) is 22.6. The first-order chi connectivity index (χ1) is 36.1. The van der Waals surface area contributed by atoms with Crippen molar-refractivity contribution in [1.82, 2.24) is 35.6 Å². The molecule has 7 amide bonds.